The Hall–Kier alpha value is -4.11. The second kappa shape index (κ2) is 10.7. The minimum absolute atomic E-state index is 0.0236. The van der Waals surface area contributed by atoms with Crippen molar-refractivity contribution in [2.24, 2.45) is 0 Å². The van der Waals surface area contributed by atoms with Crippen LogP contribution in [-0.2, 0) is 13.2 Å². The molecule has 3 aromatic carbocycles. The molecule has 172 valence electrons. The summed E-state index contributed by atoms with van der Waals surface area (Å²) >= 11 is 0. The van der Waals surface area contributed by atoms with Crippen LogP contribution in [0.1, 0.15) is 55.8 Å². The van der Waals surface area contributed by atoms with Crippen molar-refractivity contribution in [3.05, 3.63) is 100 Å². The maximum absolute atomic E-state index is 12.8. The molecule has 0 spiro atoms. The zero-order chi connectivity index (χ0) is 23.9. The fourth-order valence-corrected chi connectivity index (χ4v) is 4.08. The largest absolute Gasteiger partial charge is 0.489 e. The van der Waals surface area contributed by atoms with Crippen LogP contribution < -0.4 is 10.1 Å². The molecule has 0 radical (unpaired) electrons. The normalized spacial score (nSPS) is 12.8. The molecule has 2 amide bonds. The van der Waals surface area contributed by atoms with Crippen molar-refractivity contribution in [1.82, 2.24) is 10.2 Å². The number of carbonyl (C=O) groups is 2. The molecule has 0 aromatic heterocycles. The van der Waals surface area contributed by atoms with E-state index in [0.717, 1.165) is 42.6 Å². The van der Waals surface area contributed by atoms with Crippen LogP contribution in [0.15, 0.2) is 66.7 Å². The van der Waals surface area contributed by atoms with Crippen LogP contribution in [0.2, 0.25) is 0 Å². The molecule has 6 heteroatoms. The highest BCUT2D eigenvalue weighted by atomic mass is 16.5. The number of hydrogen-bond acceptors (Lipinski definition) is 4. The van der Waals surface area contributed by atoms with Gasteiger partial charge in [0.2, 0.25) is 0 Å². The molecule has 0 bridgehead atoms. The maximum Gasteiger partial charge on any atom is 0.254 e. The number of likely N-dealkylation sites (tertiary alicyclic amines) is 1. The topological polar surface area (TPSA) is 82.4 Å². The number of aryl methyl sites for hydroxylation is 1. The van der Waals surface area contributed by atoms with Crippen LogP contribution in [0.3, 0.4) is 0 Å². The number of amides is 2. The molecule has 4 rings (SSSR count). The lowest BCUT2D eigenvalue weighted by Crippen LogP contribution is -2.28. The molecule has 6 nitrogen and oxygen atoms in total. The van der Waals surface area contributed by atoms with Gasteiger partial charge in [0.15, 0.2) is 0 Å². The van der Waals surface area contributed by atoms with E-state index in [1.54, 1.807) is 36.4 Å². The van der Waals surface area contributed by atoms with Crippen molar-refractivity contribution < 1.29 is 14.3 Å². The van der Waals surface area contributed by atoms with Crippen molar-refractivity contribution >= 4 is 11.8 Å². The van der Waals surface area contributed by atoms with Crippen LogP contribution in [0.25, 0.3) is 0 Å². The van der Waals surface area contributed by atoms with Gasteiger partial charge in [0.05, 0.1) is 11.6 Å². The molecule has 0 unspecified atom stereocenters. The second-order valence-corrected chi connectivity index (χ2v) is 8.42. The second-order valence-electron chi connectivity index (χ2n) is 8.42. The molecule has 1 aliphatic rings. The van der Waals surface area contributed by atoms with E-state index in [0.29, 0.717) is 29.0 Å². The Morgan fingerprint density at radius 2 is 1.79 bits per heavy atom. The van der Waals surface area contributed by atoms with Crippen molar-refractivity contribution in [2.45, 2.75) is 32.9 Å². The third-order valence-corrected chi connectivity index (χ3v) is 5.98. The van der Waals surface area contributed by atoms with Gasteiger partial charge in [0.1, 0.15) is 12.4 Å². The molecular weight excluding hydrogens is 426 g/mol. The van der Waals surface area contributed by atoms with Gasteiger partial charge in [-0.3, -0.25) is 9.59 Å². The molecule has 1 fully saturated rings. The van der Waals surface area contributed by atoms with Crippen LogP contribution >= 0.6 is 0 Å². The quantitative estimate of drug-likeness (QED) is 0.566. The van der Waals surface area contributed by atoms with Crippen LogP contribution in [0, 0.1) is 18.3 Å². The number of carbonyl (C=O) groups excluding carboxylic acids is 2. The van der Waals surface area contributed by atoms with E-state index in [1.807, 2.05) is 42.2 Å². The van der Waals surface area contributed by atoms with E-state index in [4.69, 9.17) is 4.74 Å². The minimum atomic E-state index is -0.250. The van der Waals surface area contributed by atoms with Crippen molar-refractivity contribution in [1.29, 1.82) is 5.26 Å². The van der Waals surface area contributed by atoms with E-state index >= 15 is 0 Å². The number of rotatable bonds is 7. The van der Waals surface area contributed by atoms with Gasteiger partial charge in [-0.05, 0) is 67.3 Å². The number of nitriles is 1. The average Bonchev–Trinajstić information content (AvgIpc) is 3.41. The Bertz CT molecular complexity index is 1230. The summed E-state index contributed by atoms with van der Waals surface area (Å²) in [6.07, 6.45) is 2.07. The van der Waals surface area contributed by atoms with Gasteiger partial charge in [-0.2, -0.15) is 5.26 Å². The molecule has 34 heavy (non-hydrogen) atoms. The predicted octanol–water partition coefficient (Wildman–Crippen LogP) is 4.61. The van der Waals surface area contributed by atoms with Crippen LogP contribution in [-0.4, -0.2) is 29.8 Å². The lowest BCUT2D eigenvalue weighted by Gasteiger charge is -2.17. The van der Waals surface area contributed by atoms with Crippen molar-refractivity contribution in [3.8, 4) is 11.8 Å². The molecule has 0 saturated carbocycles. The first-order valence-electron chi connectivity index (χ1n) is 11.4. The van der Waals surface area contributed by atoms with E-state index in [1.165, 1.54) is 0 Å². The van der Waals surface area contributed by atoms with E-state index in [9.17, 15) is 14.9 Å². The molecular formula is C28H27N3O3. The van der Waals surface area contributed by atoms with Gasteiger partial charge in [-0.15, -0.1) is 0 Å². The Morgan fingerprint density at radius 1 is 1.03 bits per heavy atom. The molecule has 3 aromatic rings. The van der Waals surface area contributed by atoms with Gasteiger partial charge in [-0.1, -0.05) is 30.3 Å². The van der Waals surface area contributed by atoms with Gasteiger partial charge in [0.25, 0.3) is 11.8 Å². The van der Waals surface area contributed by atoms with Gasteiger partial charge in [-0.25, -0.2) is 0 Å². The first-order chi connectivity index (χ1) is 16.5. The van der Waals surface area contributed by atoms with Gasteiger partial charge < -0.3 is 15.0 Å². The molecule has 1 saturated heterocycles. The Kier molecular flexibility index (Phi) is 7.24. The molecule has 1 N–H and O–H groups in total. The molecule has 1 heterocycles. The van der Waals surface area contributed by atoms with Gasteiger partial charge >= 0.3 is 0 Å². The third-order valence-electron chi connectivity index (χ3n) is 5.98. The summed E-state index contributed by atoms with van der Waals surface area (Å²) in [5.74, 6) is 0.390. The van der Waals surface area contributed by atoms with Crippen LogP contribution in [0.5, 0.6) is 5.75 Å². The lowest BCUT2D eigenvalue weighted by atomic mass is 10.0. The molecule has 1 aliphatic heterocycles. The fraction of sp³-hybridized carbons (Fsp3) is 0.250. The summed E-state index contributed by atoms with van der Waals surface area (Å²) in [5, 5.41) is 12.2. The predicted molar refractivity (Wildman–Crippen MR) is 129 cm³/mol. The van der Waals surface area contributed by atoms with E-state index in [-0.39, 0.29) is 18.4 Å². The monoisotopic (exact) mass is 453 g/mol. The zero-order valence-corrected chi connectivity index (χ0v) is 19.2. The van der Waals surface area contributed by atoms with Crippen molar-refractivity contribution in [3.63, 3.8) is 0 Å². The number of hydrogen-bond donors (Lipinski definition) is 1. The summed E-state index contributed by atoms with van der Waals surface area (Å²) in [4.78, 5) is 27.4. The zero-order valence-electron chi connectivity index (χ0n) is 19.2. The van der Waals surface area contributed by atoms with Crippen LogP contribution in [0.4, 0.5) is 0 Å². The Labute approximate surface area is 199 Å². The summed E-state index contributed by atoms with van der Waals surface area (Å²) in [7, 11) is 0. The standard InChI is InChI=1S/C28H27N3O3/c1-20-15-23(10-11-25(20)28(33)31-13-5-6-14-31)27(32)30-18-24-16-22(17-29)9-12-26(24)34-19-21-7-3-2-4-8-21/h2-4,7-12,15-16H,5-6,13-14,18-19H2,1H3,(H,30,32). The first kappa shape index (κ1) is 23.1. The number of nitrogens with one attached hydrogen (secondary N) is 1. The number of nitrogens with zero attached hydrogens (tertiary/aromatic N) is 2. The Morgan fingerprint density at radius 3 is 2.50 bits per heavy atom. The summed E-state index contributed by atoms with van der Waals surface area (Å²) in [5.41, 5.74) is 4.15. The smallest absolute Gasteiger partial charge is 0.254 e. The first-order valence-corrected chi connectivity index (χ1v) is 11.4. The lowest BCUT2D eigenvalue weighted by molar-refractivity contribution is 0.0791. The highest BCUT2D eigenvalue weighted by Gasteiger charge is 2.21. The maximum atomic E-state index is 12.8. The number of ether oxygens (including phenoxy) is 1. The summed E-state index contributed by atoms with van der Waals surface area (Å²) in [6, 6.07) is 22.3. The number of benzene rings is 3. The summed E-state index contributed by atoms with van der Waals surface area (Å²) < 4.78 is 5.97. The molecule has 0 atom stereocenters. The minimum Gasteiger partial charge on any atom is -0.489 e. The highest BCUT2D eigenvalue weighted by molar-refractivity contribution is 5.99. The Balaban J connectivity index is 1.44. The highest BCUT2D eigenvalue weighted by Crippen LogP contribution is 2.22. The average molecular weight is 454 g/mol. The van der Waals surface area contributed by atoms with E-state index in [2.05, 4.69) is 11.4 Å². The van der Waals surface area contributed by atoms with Crippen molar-refractivity contribution in [2.75, 3.05) is 13.1 Å². The fourth-order valence-electron chi connectivity index (χ4n) is 4.08. The van der Waals surface area contributed by atoms with E-state index < -0.39 is 0 Å². The third kappa shape index (κ3) is 5.44. The summed E-state index contributed by atoms with van der Waals surface area (Å²) in [6.45, 7) is 4.03. The molecule has 0 aliphatic carbocycles. The van der Waals surface area contributed by atoms with Gasteiger partial charge in [0, 0.05) is 36.3 Å². The SMILES string of the molecule is Cc1cc(C(=O)NCc2cc(C#N)ccc2OCc2ccccc2)ccc1C(=O)N1CCCC1.